The summed E-state index contributed by atoms with van der Waals surface area (Å²) in [6, 6.07) is 3.05. The van der Waals surface area contributed by atoms with E-state index in [-0.39, 0.29) is 0 Å². The molecule has 1 aromatic rings. The fraction of sp³-hybridized carbons (Fsp3) is 0.222. The lowest BCUT2D eigenvalue weighted by atomic mass is 10.0. The van der Waals surface area contributed by atoms with Crippen molar-refractivity contribution in [2.75, 3.05) is 0 Å². The summed E-state index contributed by atoms with van der Waals surface area (Å²) in [4.78, 5) is 0. The summed E-state index contributed by atoms with van der Waals surface area (Å²) in [5.41, 5.74) is -2.53. The summed E-state index contributed by atoms with van der Waals surface area (Å²) in [5, 5.41) is 8.40. The Hall–Kier alpha value is -1.64. The second-order valence-electron chi connectivity index (χ2n) is 2.71. The van der Waals surface area contributed by atoms with Crippen molar-refractivity contribution in [3.8, 4) is 6.07 Å². The number of rotatable bonds is 1. The molecule has 0 heterocycles. The zero-order valence-corrected chi connectivity index (χ0v) is 7.15. The quantitative estimate of drug-likeness (QED) is 0.665. The molecule has 0 atom stereocenters. The molecule has 1 rings (SSSR count). The van der Waals surface area contributed by atoms with E-state index in [1.807, 2.05) is 0 Å². The molecule has 0 fully saturated rings. The monoisotopic (exact) mass is 221 g/mol. The van der Waals surface area contributed by atoms with Crippen LogP contribution in [0.25, 0.3) is 0 Å². The van der Waals surface area contributed by atoms with Gasteiger partial charge in [0.15, 0.2) is 0 Å². The van der Waals surface area contributed by atoms with Crippen molar-refractivity contribution in [3.63, 3.8) is 0 Å². The minimum absolute atomic E-state index is 0.295. The highest BCUT2D eigenvalue weighted by Gasteiger charge is 2.31. The van der Waals surface area contributed by atoms with Gasteiger partial charge in [0.1, 0.15) is 0 Å². The van der Waals surface area contributed by atoms with Crippen LogP contribution < -0.4 is 0 Å². The van der Waals surface area contributed by atoms with E-state index >= 15 is 0 Å². The van der Waals surface area contributed by atoms with Gasteiger partial charge in [-0.3, -0.25) is 0 Å². The molecule has 0 aliphatic carbocycles. The molecule has 0 aromatic heterocycles. The van der Waals surface area contributed by atoms with E-state index in [1.54, 1.807) is 0 Å². The maximum atomic E-state index is 12.3. The molecule has 0 N–H and O–H groups in total. The van der Waals surface area contributed by atoms with E-state index in [0.29, 0.717) is 12.1 Å². The molecular weight excluding hydrogens is 217 g/mol. The minimum atomic E-state index is -4.68. The standard InChI is InChI=1S/C9H4F5N/c10-8(11)7-3-6(9(12,13)14)2-1-5(7)4-15/h1-3,8H. The third-order valence-corrected chi connectivity index (χ3v) is 1.73. The van der Waals surface area contributed by atoms with Crippen LogP contribution in [0.2, 0.25) is 0 Å². The first kappa shape index (κ1) is 11.4. The second-order valence-corrected chi connectivity index (χ2v) is 2.71. The summed E-state index contributed by atoms with van der Waals surface area (Å²) >= 11 is 0. The third-order valence-electron chi connectivity index (χ3n) is 1.73. The van der Waals surface area contributed by atoms with Crippen LogP contribution in [-0.2, 0) is 6.18 Å². The van der Waals surface area contributed by atoms with Crippen LogP contribution >= 0.6 is 0 Å². The van der Waals surface area contributed by atoms with Crippen LogP contribution in [0.5, 0.6) is 0 Å². The molecule has 0 bridgehead atoms. The first-order chi connectivity index (χ1) is 6.86. The highest BCUT2D eigenvalue weighted by atomic mass is 19.4. The first-order valence-corrected chi connectivity index (χ1v) is 3.75. The van der Waals surface area contributed by atoms with E-state index < -0.39 is 29.3 Å². The van der Waals surface area contributed by atoms with Crippen LogP contribution in [0.1, 0.15) is 23.1 Å². The smallest absolute Gasteiger partial charge is 0.205 e. The maximum absolute atomic E-state index is 12.3. The van der Waals surface area contributed by atoms with Gasteiger partial charge in [0.25, 0.3) is 6.43 Å². The van der Waals surface area contributed by atoms with E-state index in [0.717, 1.165) is 6.07 Å². The Morgan fingerprint density at radius 1 is 1.20 bits per heavy atom. The fourth-order valence-corrected chi connectivity index (χ4v) is 1.02. The van der Waals surface area contributed by atoms with E-state index in [2.05, 4.69) is 0 Å². The van der Waals surface area contributed by atoms with Gasteiger partial charge < -0.3 is 0 Å². The molecular formula is C9H4F5N. The first-order valence-electron chi connectivity index (χ1n) is 3.75. The van der Waals surface area contributed by atoms with E-state index in [9.17, 15) is 22.0 Å². The molecule has 80 valence electrons. The third kappa shape index (κ3) is 2.43. The number of nitriles is 1. The Morgan fingerprint density at radius 3 is 2.20 bits per heavy atom. The van der Waals surface area contributed by atoms with Crippen molar-refractivity contribution < 1.29 is 22.0 Å². The molecule has 0 amide bonds. The van der Waals surface area contributed by atoms with Crippen LogP contribution in [-0.4, -0.2) is 0 Å². The maximum Gasteiger partial charge on any atom is 0.416 e. The molecule has 0 aliphatic rings. The predicted octanol–water partition coefficient (Wildman–Crippen LogP) is 3.51. The van der Waals surface area contributed by atoms with Gasteiger partial charge in [-0.15, -0.1) is 0 Å². The highest BCUT2D eigenvalue weighted by molar-refractivity contribution is 5.41. The van der Waals surface area contributed by atoms with Gasteiger partial charge in [-0.2, -0.15) is 18.4 Å². The summed E-state index contributed by atoms with van der Waals surface area (Å²) in [5.74, 6) is 0. The Balaban J connectivity index is 3.30. The molecule has 0 radical (unpaired) electrons. The molecule has 1 aromatic carbocycles. The Morgan fingerprint density at radius 2 is 1.80 bits per heavy atom. The number of hydrogen-bond acceptors (Lipinski definition) is 1. The summed E-state index contributed by atoms with van der Waals surface area (Å²) < 4.78 is 60.9. The number of halogens is 5. The molecule has 0 saturated carbocycles. The normalized spacial score (nSPS) is 11.5. The molecule has 6 heteroatoms. The van der Waals surface area contributed by atoms with Gasteiger partial charge in [-0.05, 0) is 18.2 Å². The number of benzene rings is 1. The Labute approximate surface area is 81.7 Å². The van der Waals surface area contributed by atoms with Crippen molar-refractivity contribution >= 4 is 0 Å². The van der Waals surface area contributed by atoms with Crippen molar-refractivity contribution in [2.24, 2.45) is 0 Å². The zero-order chi connectivity index (χ0) is 11.6. The van der Waals surface area contributed by atoms with Gasteiger partial charge in [0.05, 0.1) is 17.2 Å². The van der Waals surface area contributed by atoms with Gasteiger partial charge in [-0.25, -0.2) is 8.78 Å². The largest absolute Gasteiger partial charge is 0.416 e. The van der Waals surface area contributed by atoms with Crippen molar-refractivity contribution in [1.29, 1.82) is 5.26 Å². The SMILES string of the molecule is N#Cc1ccc(C(F)(F)F)cc1C(F)F. The highest BCUT2D eigenvalue weighted by Crippen LogP contribution is 2.33. The Bertz CT molecular complexity index is 402. The average Bonchev–Trinajstić information content (AvgIpc) is 2.15. The van der Waals surface area contributed by atoms with E-state index in [1.165, 1.54) is 6.07 Å². The van der Waals surface area contributed by atoms with Crippen LogP contribution in [0.4, 0.5) is 22.0 Å². The van der Waals surface area contributed by atoms with Gasteiger partial charge in [0.2, 0.25) is 0 Å². The topological polar surface area (TPSA) is 23.8 Å². The van der Waals surface area contributed by atoms with Crippen molar-refractivity contribution in [2.45, 2.75) is 12.6 Å². The number of nitrogens with zero attached hydrogens (tertiary/aromatic N) is 1. The fourth-order valence-electron chi connectivity index (χ4n) is 1.02. The number of hydrogen-bond donors (Lipinski definition) is 0. The van der Waals surface area contributed by atoms with Crippen LogP contribution in [0.3, 0.4) is 0 Å². The molecule has 0 spiro atoms. The molecule has 0 saturated heterocycles. The predicted molar refractivity (Wildman–Crippen MR) is 41.1 cm³/mol. The minimum Gasteiger partial charge on any atom is -0.205 e. The lowest BCUT2D eigenvalue weighted by molar-refractivity contribution is -0.137. The zero-order valence-electron chi connectivity index (χ0n) is 7.15. The number of alkyl halides is 5. The van der Waals surface area contributed by atoms with Gasteiger partial charge in [-0.1, -0.05) is 0 Å². The lowest BCUT2D eigenvalue weighted by Gasteiger charge is -2.09. The Kier molecular flexibility index (Phi) is 2.93. The lowest BCUT2D eigenvalue weighted by Crippen LogP contribution is -2.06. The summed E-state index contributed by atoms with van der Waals surface area (Å²) in [6.45, 7) is 0. The molecule has 1 nitrogen and oxygen atoms in total. The summed E-state index contributed by atoms with van der Waals surface area (Å²) in [7, 11) is 0. The van der Waals surface area contributed by atoms with Crippen molar-refractivity contribution in [1.82, 2.24) is 0 Å². The molecule has 0 unspecified atom stereocenters. The second kappa shape index (κ2) is 3.85. The van der Waals surface area contributed by atoms with Crippen LogP contribution in [0.15, 0.2) is 18.2 Å². The van der Waals surface area contributed by atoms with Gasteiger partial charge in [0, 0.05) is 5.56 Å². The van der Waals surface area contributed by atoms with Crippen LogP contribution in [0, 0.1) is 11.3 Å². The van der Waals surface area contributed by atoms with E-state index in [4.69, 9.17) is 5.26 Å². The van der Waals surface area contributed by atoms with Gasteiger partial charge >= 0.3 is 6.18 Å². The molecule has 0 aliphatic heterocycles. The summed E-state index contributed by atoms with van der Waals surface area (Å²) in [6.07, 6.45) is -7.78. The molecule has 15 heavy (non-hydrogen) atoms. The average molecular weight is 221 g/mol. The van der Waals surface area contributed by atoms with Crippen molar-refractivity contribution in [3.05, 3.63) is 34.9 Å².